The maximum atomic E-state index is 10.5. The molecular formula is C10H10N4O4. The van der Waals surface area contributed by atoms with Crippen molar-refractivity contribution in [2.24, 2.45) is 5.73 Å². The summed E-state index contributed by atoms with van der Waals surface area (Å²) >= 11 is 0. The van der Waals surface area contributed by atoms with Gasteiger partial charge in [0.15, 0.2) is 5.82 Å². The van der Waals surface area contributed by atoms with Crippen LogP contribution in [0, 0.1) is 10.1 Å². The zero-order valence-corrected chi connectivity index (χ0v) is 9.18. The van der Waals surface area contributed by atoms with Gasteiger partial charge in [-0.05, 0) is 12.1 Å². The lowest BCUT2D eigenvalue weighted by Gasteiger charge is -1.98. The number of nitrogens with two attached hydrogens (primary N) is 1. The summed E-state index contributed by atoms with van der Waals surface area (Å²) in [5.41, 5.74) is 6.05. The number of hydrogen-bond donors (Lipinski definition) is 2. The van der Waals surface area contributed by atoms with Crippen molar-refractivity contribution in [2.45, 2.75) is 6.04 Å². The summed E-state index contributed by atoms with van der Waals surface area (Å²) in [7, 11) is 0. The van der Waals surface area contributed by atoms with Crippen LogP contribution >= 0.6 is 0 Å². The second-order valence-corrected chi connectivity index (χ2v) is 3.55. The van der Waals surface area contributed by atoms with Gasteiger partial charge in [-0.2, -0.15) is 4.98 Å². The van der Waals surface area contributed by atoms with Gasteiger partial charge in [0.25, 0.3) is 11.6 Å². The summed E-state index contributed by atoms with van der Waals surface area (Å²) in [6.07, 6.45) is 0. The quantitative estimate of drug-likeness (QED) is 0.601. The third-order valence-electron chi connectivity index (χ3n) is 2.30. The molecule has 1 aromatic carbocycles. The van der Waals surface area contributed by atoms with Crippen molar-refractivity contribution in [1.82, 2.24) is 10.1 Å². The predicted octanol–water partition coefficient (Wildman–Crippen LogP) is 0.637. The lowest BCUT2D eigenvalue weighted by atomic mass is 10.2. The average Bonchev–Trinajstić information content (AvgIpc) is 2.87. The molecule has 0 spiro atoms. The van der Waals surface area contributed by atoms with E-state index in [0.29, 0.717) is 5.56 Å². The molecule has 0 saturated heterocycles. The monoisotopic (exact) mass is 250 g/mol. The Hall–Kier alpha value is -2.32. The van der Waals surface area contributed by atoms with Crippen molar-refractivity contribution in [1.29, 1.82) is 0 Å². The summed E-state index contributed by atoms with van der Waals surface area (Å²) in [5.74, 6) is 0.384. The Labute approximate surface area is 101 Å². The standard InChI is InChI=1S/C10H10N4O4/c11-8(5-15)9-12-10(18-13-9)6-1-3-7(4-2-6)14(16)17/h1-4,8,15H,5,11H2. The molecule has 0 amide bonds. The zero-order chi connectivity index (χ0) is 13.1. The molecule has 2 aromatic rings. The van der Waals surface area contributed by atoms with Gasteiger partial charge < -0.3 is 15.4 Å². The number of nitrogens with zero attached hydrogens (tertiary/aromatic N) is 3. The van der Waals surface area contributed by atoms with Crippen LogP contribution in [0.3, 0.4) is 0 Å². The van der Waals surface area contributed by atoms with E-state index in [1.165, 1.54) is 24.3 Å². The molecule has 2 rings (SSSR count). The van der Waals surface area contributed by atoms with Crippen LogP contribution < -0.4 is 5.73 Å². The van der Waals surface area contributed by atoms with Crippen molar-refractivity contribution in [3.8, 4) is 11.5 Å². The highest BCUT2D eigenvalue weighted by Crippen LogP contribution is 2.21. The molecule has 1 heterocycles. The van der Waals surface area contributed by atoms with Crippen molar-refractivity contribution < 1.29 is 14.6 Å². The number of aliphatic hydroxyl groups is 1. The second kappa shape index (κ2) is 4.90. The number of nitro groups is 1. The van der Waals surface area contributed by atoms with Gasteiger partial charge in [0.2, 0.25) is 0 Å². The maximum absolute atomic E-state index is 10.5. The minimum atomic E-state index is -0.708. The largest absolute Gasteiger partial charge is 0.394 e. The third-order valence-corrected chi connectivity index (χ3v) is 2.30. The summed E-state index contributed by atoms with van der Waals surface area (Å²) in [5, 5.41) is 23.0. The summed E-state index contributed by atoms with van der Waals surface area (Å²) in [6, 6.07) is 4.97. The Bertz CT molecular complexity index is 551. The van der Waals surface area contributed by atoms with Crippen LogP contribution in [0.4, 0.5) is 5.69 Å². The van der Waals surface area contributed by atoms with E-state index in [4.69, 9.17) is 15.4 Å². The Morgan fingerprint density at radius 3 is 2.67 bits per heavy atom. The minimum Gasteiger partial charge on any atom is -0.394 e. The maximum Gasteiger partial charge on any atom is 0.269 e. The van der Waals surface area contributed by atoms with Gasteiger partial charge in [-0.3, -0.25) is 10.1 Å². The fourth-order valence-corrected chi connectivity index (χ4v) is 1.31. The third kappa shape index (κ3) is 2.34. The number of non-ortho nitro benzene ring substituents is 1. The van der Waals surface area contributed by atoms with Gasteiger partial charge in [0.1, 0.15) is 0 Å². The molecule has 94 valence electrons. The van der Waals surface area contributed by atoms with Gasteiger partial charge in [0.05, 0.1) is 17.6 Å². The minimum absolute atomic E-state index is 0.0226. The molecule has 0 aliphatic carbocycles. The number of nitro benzene ring substituents is 1. The fourth-order valence-electron chi connectivity index (χ4n) is 1.31. The van der Waals surface area contributed by atoms with E-state index >= 15 is 0 Å². The molecule has 0 saturated carbocycles. The van der Waals surface area contributed by atoms with E-state index in [2.05, 4.69) is 10.1 Å². The van der Waals surface area contributed by atoms with Crippen LogP contribution in [0.25, 0.3) is 11.5 Å². The molecule has 0 fully saturated rings. The lowest BCUT2D eigenvalue weighted by Crippen LogP contribution is -2.15. The van der Waals surface area contributed by atoms with Crippen molar-refractivity contribution in [3.05, 3.63) is 40.2 Å². The number of aromatic nitrogens is 2. The normalized spacial score (nSPS) is 12.3. The fraction of sp³-hybridized carbons (Fsp3) is 0.200. The first kappa shape index (κ1) is 12.1. The van der Waals surface area contributed by atoms with Crippen LogP contribution in [0.5, 0.6) is 0 Å². The van der Waals surface area contributed by atoms with Gasteiger partial charge in [0, 0.05) is 17.7 Å². The Balaban J connectivity index is 2.26. The van der Waals surface area contributed by atoms with E-state index in [-0.39, 0.29) is 24.0 Å². The second-order valence-electron chi connectivity index (χ2n) is 3.55. The van der Waals surface area contributed by atoms with E-state index in [1.54, 1.807) is 0 Å². The highest BCUT2D eigenvalue weighted by molar-refractivity contribution is 5.55. The van der Waals surface area contributed by atoms with Crippen molar-refractivity contribution in [2.75, 3.05) is 6.61 Å². The van der Waals surface area contributed by atoms with Crippen LogP contribution in [-0.4, -0.2) is 26.8 Å². The highest BCUT2D eigenvalue weighted by Gasteiger charge is 2.15. The molecule has 1 unspecified atom stereocenters. The summed E-state index contributed by atoms with van der Waals surface area (Å²) in [6.45, 7) is -0.292. The number of benzene rings is 1. The lowest BCUT2D eigenvalue weighted by molar-refractivity contribution is -0.384. The number of aliphatic hydroxyl groups excluding tert-OH is 1. The number of hydrogen-bond acceptors (Lipinski definition) is 7. The average molecular weight is 250 g/mol. The molecule has 0 radical (unpaired) electrons. The molecule has 3 N–H and O–H groups in total. The topological polar surface area (TPSA) is 128 Å². The SMILES string of the molecule is NC(CO)c1noc(-c2ccc([N+](=O)[O-])cc2)n1. The van der Waals surface area contributed by atoms with Crippen molar-refractivity contribution in [3.63, 3.8) is 0 Å². The Morgan fingerprint density at radius 2 is 2.11 bits per heavy atom. The molecule has 1 aromatic heterocycles. The van der Waals surface area contributed by atoms with Crippen LogP contribution in [0.2, 0.25) is 0 Å². The van der Waals surface area contributed by atoms with Gasteiger partial charge in [-0.1, -0.05) is 5.16 Å². The summed E-state index contributed by atoms with van der Waals surface area (Å²) < 4.78 is 4.95. The predicted molar refractivity (Wildman–Crippen MR) is 60.4 cm³/mol. The first-order chi connectivity index (χ1) is 8.61. The van der Waals surface area contributed by atoms with Gasteiger partial charge >= 0.3 is 0 Å². The van der Waals surface area contributed by atoms with Gasteiger partial charge in [-0.15, -0.1) is 0 Å². The van der Waals surface area contributed by atoms with E-state index < -0.39 is 11.0 Å². The van der Waals surface area contributed by atoms with Gasteiger partial charge in [-0.25, -0.2) is 0 Å². The molecule has 8 nitrogen and oxygen atoms in total. The molecule has 18 heavy (non-hydrogen) atoms. The first-order valence-corrected chi connectivity index (χ1v) is 5.06. The van der Waals surface area contributed by atoms with Crippen LogP contribution in [0.15, 0.2) is 28.8 Å². The van der Waals surface area contributed by atoms with E-state index in [1.807, 2.05) is 0 Å². The Morgan fingerprint density at radius 1 is 1.44 bits per heavy atom. The van der Waals surface area contributed by atoms with Crippen molar-refractivity contribution >= 4 is 5.69 Å². The molecule has 0 aliphatic heterocycles. The molecule has 1 atom stereocenters. The smallest absolute Gasteiger partial charge is 0.269 e. The highest BCUT2D eigenvalue weighted by atomic mass is 16.6. The zero-order valence-electron chi connectivity index (χ0n) is 9.18. The molecule has 8 heteroatoms. The molecule has 0 bridgehead atoms. The van der Waals surface area contributed by atoms with Crippen LogP contribution in [0.1, 0.15) is 11.9 Å². The van der Waals surface area contributed by atoms with Crippen LogP contribution in [-0.2, 0) is 0 Å². The summed E-state index contributed by atoms with van der Waals surface area (Å²) in [4.78, 5) is 14.0. The Kier molecular flexibility index (Phi) is 3.31. The first-order valence-electron chi connectivity index (χ1n) is 5.06. The van der Waals surface area contributed by atoms with E-state index in [9.17, 15) is 10.1 Å². The number of rotatable bonds is 4. The molecular weight excluding hydrogens is 240 g/mol. The molecule has 0 aliphatic rings. The van der Waals surface area contributed by atoms with E-state index in [0.717, 1.165) is 0 Å².